The van der Waals surface area contributed by atoms with Crippen LogP contribution in [0.5, 0.6) is 0 Å². The molecule has 0 spiro atoms. The van der Waals surface area contributed by atoms with E-state index in [1.54, 1.807) is 0 Å². The van der Waals surface area contributed by atoms with Crippen molar-refractivity contribution < 1.29 is 65.6 Å². The van der Waals surface area contributed by atoms with Crippen LogP contribution in [-0.4, -0.2) is 46.6 Å². The van der Waals surface area contributed by atoms with Crippen LogP contribution < -0.4 is 21.9 Å². The number of hydrazine groups is 1. The van der Waals surface area contributed by atoms with Crippen LogP contribution in [0.15, 0.2) is 0 Å². The van der Waals surface area contributed by atoms with Gasteiger partial charge in [0.25, 0.3) is 0 Å². The third-order valence-corrected chi connectivity index (χ3v) is 2.61. The molecule has 0 amide bonds. The summed E-state index contributed by atoms with van der Waals surface area (Å²) in [5, 5.41) is 19.8. The molecule has 164 valence electrons. The first-order chi connectivity index (χ1) is 12.9. The summed E-state index contributed by atoms with van der Waals surface area (Å²) < 4.78 is 0. The van der Waals surface area contributed by atoms with Crippen LogP contribution in [0, 0.1) is 0 Å². The predicted molar refractivity (Wildman–Crippen MR) is 87.5 cm³/mol. The molecule has 0 heterocycles. The van der Waals surface area contributed by atoms with Crippen molar-refractivity contribution in [2.45, 2.75) is 52.4 Å². The van der Waals surface area contributed by atoms with Gasteiger partial charge in [-0.25, -0.2) is 0 Å². The summed E-state index contributed by atoms with van der Waals surface area (Å²) in [4.78, 5) is 83.0. The van der Waals surface area contributed by atoms with E-state index >= 15 is 0 Å². The standard InChI is InChI=1S/2C8H10O5.Fe.H4N2/c2*1-5(9)4-6(10)2-3-7(11)8(12)13;;1-2/h2*2-4H2,1H3,(H,12,13);;1-2H2/q;;+2;/p-2. The number of hydrogen-bond acceptors (Lipinski definition) is 12. The van der Waals surface area contributed by atoms with Gasteiger partial charge in [-0.15, -0.1) is 0 Å². The first-order valence-corrected chi connectivity index (χ1v) is 7.70. The Bertz CT molecular complexity index is 577. The summed E-state index contributed by atoms with van der Waals surface area (Å²) in [6, 6.07) is 0. The van der Waals surface area contributed by atoms with E-state index in [4.69, 9.17) is 0 Å². The first-order valence-electron chi connectivity index (χ1n) is 7.70. The number of hydrogen-bond donors (Lipinski definition) is 2. The summed E-state index contributed by atoms with van der Waals surface area (Å²) >= 11 is 0. The molecule has 0 atom stereocenters. The van der Waals surface area contributed by atoms with Crippen molar-refractivity contribution in [3.8, 4) is 0 Å². The van der Waals surface area contributed by atoms with Crippen molar-refractivity contribution in [2.75, 3.05) is 0 Å². The van der Waals surface area contributed by atoms with Gasteiger partial charge in [0, 0.05) is 25.7 Å². The van der Waals surface area contributed by atoms with Crippen molar-refractivity contribution >= 4 is 46.6 Å². The molecule has 0 saturated heterocycles. The van der Waals surface area contributed by atoms with Crippen LogP contribution >= 0.6 is 0 Å². The molecule has 13 heteroatoms. The zero-order chi connectivity index (χ0) is 22.9. The van der Waals surface area contributed by atoms with Gasteiger partial charge in [0.05, 0.1) is 12.8 Å². The maximum Gasteiger partial charge on any atom is 2.00 e. The number of rotatable bonds is 12. The topological polar surface area (TPSA) is 235 Å². The summed E-state index contributed by atoms with van der Waals surface area (Å²) in [6.45, 7) is 2.50. The molecule has 0 aliphatic heterocycles. The molecular weight excluding hydrogens is 436 g/mol. The molecular formula is C16H22FeN2O10. The zero-order valence-electron chi connectivity index (χ0n) is 15.8. The molecule has 0 aromatic carbocycles. The Morgan fingerprint density at radius 1 is 0.586 bits per heavy atom. The van der Waals surface area contributed by atoms with Gasteiger partial charge in [-0.05, 0) is 13.8 Å². The van der Waals surface area contributed by atoms with E-state index in [0.717, 1.165) is 0 Å². The summed E-state index contributed by atoms with van der Waals surface area (Å²) in [6.07, 6.45) is -1.72. The van der Waals surface area contributed by atoms with E-state index in [0.29, 0.717) is 0 Å². The number of carbonyl (C=O) groups is 8. The van der Waals surface area contributed by atoms with Crippen molar-refractivity contribution in [1.29, 1.82) is 0 Å². The van der Waals surface area contributed by atoms with Crippen molar-refractivity contribution in [3.63, 3.8) is 0 Å². The largest absolute Gasteiger partial charge is 2.00 e. The first kappa shape index (κ1) is 33.9. The molecule has 0 saturated carbocycles. The van der Waals surface area contributed by atoms with Gasteiger partial charge in [0.2, 0.25) is 0 Å². The van der Waals surface area contributed by atoms with E-state index in [9.17, 15) is 48.6 Å². The van der Waals surface area contributed by atoms with Crippen LogP contribution in [-0.2, 0) is 55.4 Å². The summed E-state index contributed by atoms with van der Waals surface area (Å²) in [5.74, 6) is 0.723. The van der Waals surface area contributed by atoms with Crippen LogP contribution in [0.2, 0.25) is 0 Å². The van der Waals surface area contributed by atoms with E-state index in [1.807, 2.05) is 0 Å². The van der Waals surface area contributed by atoms with Gasteiger partial charge < -0.3 is 19.8 Å². The monoisotopic (exact) mass is 458 g/mol. The summed E-state index contributed by atoms with van der Waals surface area (Å²) in [7, 11) is 0. The number of ketones is 6. The molecule has 0 fully saturated rings. The van der Waals surface area contributed by atoms with Crippen molar-refractivity contribution in [2.24, 2.45) is 11.7 Å². The Hall–Kier alpha value is -2.60. The third-order valence-electron chi connectivity index (χ3n) is 2.61. The molecule has 0 aromatic heterocycles. The predicted octanol–water partition coefficient (Wildman–Crippen LogP) is -3.92. The minimum absolute atomic E-state index is 0. The molecule has 0 aromatic rings. The minimum Gasteiger partial charge on any atom is -0.542 e. The van der Waals surface area contributed by atoms with E-state index < -0.39 is 47.9 Å². The number of Topliss-reactive ketones (excluding diaryl/α,β-unsaturated/α-hetero) is 6. The number of nitrogens with two attached hydrogens (primary N) is 2. The number of carbonyl (C=O) groups excluding carboxylic acids is 8. The Labute approximate surface area is 176 Å². The van der Waals surface area contributed by atoms with E-state index in [-0.39, 0.29) is 54.3 Å². The molecule has 4 N–H and O–H groups in total. The second-order valence-electron chi connectivity index (χ2n) is 5.26. The molecule has 0 aliphatic rings. The molecule has 0 aliphatic carbocycles. The molecule has 12 nitrogen and oxygen atoms in total. The maximum absolute atomic E-state index is 10.8. The fourth-order valence-corrected chi connectivity index (χ4v) is 1.44. The third kappa shape index (κ3) is 25.4. The van der Waals surface area contributed by atoms with Crippen LogP contribution in [0.3, 0.4) is 0 Å². The van der Waals surface area contributed by atoms with Crippen LogP contribution in [0.25, 0.3) is 0 Å². The quantitative estimate of drug-likeness (QED) is 0.0938. The average Bonchev–Trinajstić information content (AvgIpc) is 2.58. The Morgan fingerprint density at radius 3 is 1.00 bits per heavy atom. The molecule has 0 unspecified atom stereocenters. The van der Waals surface area contributed by atoms with Gasteiger partial charge >= 0.3 is 17.1 Å². The van der Waals surface area contributed by atoms with Gasteiger partial charge in [-0.1, -0.05) is 0 Å². The normalized spacial score (nSPS) is 8.55. The van der Waals surface area contributed by atoms with Gasteiger partial charge in [-0.3, -0.25) is 40.5 Å². The molecule has 0 rings (SSSR count). The van der Waals surface area contributed by atoms with Crippen LogP contribution in [0.4, 0.5) is 0 Å². The Kier molecular flexibility index (Phi) is 23.6. The average molecular weight is 458 g/mol. The zero-order valence-corrected chi connectivity index (χ0v) is 16.9. The van der Waals surface area contributed by atoms with E-state index in [1.165, 1.54) is 13.8 Å². The maximum atomic E-state index is 10.8. The van der Waals surface area contributed by atoms with Gasteiger partial charge in [0.15, 0.2) is 11.6 Å². The second kappa shape index (κ2) is 20.1. The van der Waals surface area contributed by atoms with Gasteiger partial charge in [0.1, 0.15) is 35.1 Å². The SMILES string of the molecule is CC(=O)CC(=O)CCC(=O)C(=O)[O-].CC(=O)CC(=O)CCC(=O)C(=O)[O-].NN.[Fe+2]. The Morgan fingerprint density at radius 2 is 0.828 bits per heavy atom. The van der Waals surface area contributed by atoms with E-state index in [2.05, 4.69) is 11.7 Å². The Balaban J connectivity index is -0.000000192. The van der Waals surface area contributed by atoms with Crippen molar-refractivity contribution in [3.05, 3.63) is 0 Å². The smallest absolute Gasteiger partial charge is 0.542 e. The van der Waals surface area contributed by atoms with Crippen molar-refractivity contribution in [1.82, 2.24) is 0 Å². The molecule has 29 heavy (non-hydrogen) atoms. The minimum atomic E-state index is -1.80. The summed E-state index contributed by atoms with van der Waals surface area (Å²) in [5.41, 5.74) is 0. The molecule has 0 bridgehead atoms. The number of carboxylic acids is 2. The number of aliphatic carboxylic acids is 2. The van der Waals surface area contributed by atoms with Crippen LogP contribution in [0.1, 0.15) is 52.4 Å². The fraction of sp³-hybridized carbons (Fsp3) is 0.500. The second-order valence-corrected chi connectivity index (χ2v) is 5.26. The molecule has 0 radical (unpaired) electrons. The number of carboxylic acid groups (broad SMARTS) is 2. The van der Waals surface area contributed by atoms with Gasteiger partial charge in [-0.2, -0.15) is 0 Å². The fourth-order valence-electron chi connectivity index (χ4n) is 1.44.